The van der Waals surface area contributed by atoms with Gasteiger partial charge in [0.2, 0.25) is 5.28 Å². The summed E-state index contributed by atoms with van der Waals surface area (Å²) in [6.45, 7) is 2.00. The highest BCUT2D eigenvalue weighted by atomic mass is 35.5. The van der Waals surface area contributed by atoms with Gasteiger partial charge in [0.1, 0.15) is 0 Å². The Morgan fingerprint density at radius 3 is 2.88 bits per heavy atom. The van der Waals surface area contributed by atoms with E-state index in [1.165, 1.54) is 0 Å². The molecule has 0 atom stereocenters. The van der Waals surface area contributed by atoms with Crippen molar-refractivity contribution in [1.29, 1.82) is 0 Å². The molecule has 17 heavy (non-hydrogen) atoms. The minimum absolute atomic E-state index is 0.253. The third kappa shape index (κ3) is 1.66. The Morgan fingerprint density at radius 2 is 2.12 bits per heavy atom. The lowest BCUT2D eigenvalue weighted by atomic mass is 10.1. The molecule has 0 saturated carbocycles. The Kier molecular flexibility index (Phi) is 2.30. The fraction of sp³-hybridized carbons (Fsp3) is 0.0833. The highest BCUT2D eigenvalue weighted by Crippen LogP contribution is 2.27. The first-order valence-corrected chi connectivity index (χ1v) is 5.55. The molecule has 3 rings (SSSR count). The van der Waals surface area contributed by atoms with Crippen LogP contribution in [0.3, 0.4) is 0 Å². The summed E-state index contributed by atoms with van der Waals surface area (Å²) < 4.78 is 0. The van der Waals surface area contributed by atoms with Gasteiger partial charge in [-0.05, 0) is 24.1 Å². The van der Waals surface area contributed by atoms with Crippen molar-refractivity contribution in [1.82, 2.24) is 20.2 Å². The van der Waals surface area contributed by atoms with Gasteiger partial charge >= 0.3 is 0 Å². The molecule has 0 radical (unpaired) electrons. The van der Waals surface area contributed by atoms with E-state index in [0.717, 1.165) is 27.7 Å². The number of H-pyrrole nitrogens is 1. The summed E-state index contributed by atoms with van der Waals surface area (Å²) in [4.78, 5) is 8.55. The number of hydrogen-bond acceptors (Lipinski definition) is 3. The fourth-order valence-corrected chi connectivity index (χ4v) is 2.04. The molecular weight excluding hydrogens is 236 g/mol. The van der Waals surface area contributed by atoms with E-state index in [1.54, 1.807) is 12.4 Å². The van der Waals surface area contributed by atoms with Crippen LogP contribution in [-0.2, 0) is 0 Å². The normalized spacial score (nSPS) is 10.9. The third-order valence-electron chi connectivity index (χ3n) is 2.67. The molecule has 0 saturated heterocycles. The van der Waals surface area contributed by atoms with Crippen LogP contribution >= 0.6 is 11.6 Å². The Balaban J connectivity index is 2.42. The maximum absolute atomic E-state index is 5.96. The first-order chi connectivity index (χ1) is 8.25. The van der Waals surface area contributed by atoms with Gasteiger partial charge in [-0.2, -0.15) is 5.10 Å². The summed E-state index contributed by atoms with van der Waals surface area (Å²) >= 11 is 5.96. The highest BCUT2D eigenvalue weighted by Gasteiger charge is 2.10. The van der Waals surface area contributed by atoms with Gasteiger partial charge in [0.15, 0.2) is 0 Å². The van der Waals surface area contributed by atoms with Gasteiger partial charge in [0.05, 0.1) is 17.4 Å². The monoisotopic (exact) mass is 244 g/mol. The second kappa shape index (κ2) is 3.82. The van der Waals surface area contributed by atoms with E-state index in [1.807, 2.05) is 25.1 Å². The molecule has 0 aliphatic heterocycles. The van der Waals surface area contributed by atoms with E-state index in [-0.39, 0.29) is 5.28 Å². The number of aromatic amines is 1. The lowest BCUT2D eigenvalue weighted by molar-refractivity contribution is 1.09. The molecule has 0 spiro atoms. The molecule has 2 heterocycles. The quantitative estimate of drug-likeness (QED) is 0.670. The summed E-state index contributed by atoms with van der Waals surface area (Å²) in [6.07, 6.45) is 3.51. The second-order valence-electron chi connectivity index (χ2n) is 3.80. The third-order valence-corrected chi connectivity index (χ3v) is 2.84. The number of rotatable bonds is 1. The predicted octanol–water partition coefficient (Wildman–Crippen LogP) is 2.98. The van der Waals surface area contributed by atoms with Crippen LogP contribution in [0.2, 0.25) is 5.28 Å². The topological polar surface area (TPSA) is 54.5 Å². The molecule has 0 amide bonds. The molecule has 4 nitrogen and oxygen atoms in total. The van der Waals surface area contributed by atoms with Crippen LogP contribution in [0, 0.1) is 6.92 Å². The van der Waals surface area contributed by atoms with E-state index in [2.05, 4.69) is 20.2 Å². The van der Waals surface area contributed by atoms with Crippen LogP contribution in [-0.4, -0.2) is 20.2 Å². The molecule has 3 aromatic rings. The maximum Gasteiger partial charge on any atom is 0.223 e. The number of hydrogen-bond donors (Lipinski definition) is 1. The molecule has 2 aromatic heterocycles. The minimum atomic E-state index is 0.253. The number of aryl methyl sites for hydroxylation is 1. The van der Waals surface area contributed by atoms with Crippen LogP contribution < -0.4 is 0 Å². The SMILES string of the molecule is Cc1cccc2c(-c3cn[nH]c3)nc(Cl)nc12. The number of para-hydroxylation sites is 1. The van der Waals surface area contributed by atoms with Crippen molar-refractivity contribution < 1.29 is 0 Å². The molecule has 0 aliphatic carbocycles. The largest absolute Gasteiger partial charge is 0.285 e. The van der Waals surface area contributed by atoms with E-state index < -0.39 is 0 Å². The summed E-state index contributed by atoms with van der Waals surface area (Å²) in [6, 6.07) is 5.98. The Bertz CT molecular complexity index is 676. The van der Waals surface area contributed by atoms with Gasteiger partial charge < -0.3 is 0 Å². The molecule has 84 valence electrons. The molecular formula is C12H9ClN4. The number of nitrogens with one attached hydrogen (secondary N) is 1. The Labute approximate surface area is 103 Å². The van der Waals surface area contributed by atoms with E-state index in [9.17, 15) is 0 Å². The fourth-order valence-electron chi connectivity index (χ4n) is 1.87. The second-order valence-corrected chi connectivity index (χ2v) is 4.14. The number of nitrogens with zero attached hydrogens (tertiary/aromatic N) is 3. The van der Waals surface area contributed by atoms with Crippen molar-refractivity contribution in [2.75, 3.05) is 0 Å². The van der Waals surface area contributed by atoms with Crippen LogP contribution in [0.15, 0.2) is 30.6 Å². The Hall–Kier alpha value is -1.94. The molecule has 1 aromatic carbocycles. The molecule has 0 aliphatic rings. The Morgan fingerprint density at radius 1 is 1.24 bits per heavy atom. The lowest BCUT2D eigenvalue weighted by Gasteiger charge is -2.05. The predicted molar refractivity (Wildman–Crippen MR) is 66.9 cm³/mol. The van der Waals surface area contributed by atoms with Crippen molar-refractivity contribution in [3.8, 4) is 11.3 Å². The van der Waals surface area contributed by atoms with Gasteiger partial charge in [0.25, 0.3) is 0 Å². The molecule has 0 bridgehead atoms. The zero-order valence-corrected chi connectivity index (χ0v) is 9.86. The van der Waals surface area contributed by atoms with Crippen LogP contribution in [0.5, 0.6) is 0 Å². The molecule has 0 unspecified atom stereocenters. The molecule has 5 heteroatoms. The number of aromatic nitrogens is 4. The lowest BCUT2D eigenvalue weighted by Crippen LogP contribution is -1.92. The summed E-state index contributed by atoms with van der Waals surface area (Å²) in [5.41, 5.74) is 3.67. The zero-order chi connectivity index (χ0) is 11.8. The van der Waals surface area contributed by atoms with Crippen molar-refractivity contribution >= 4 is 22.5 Å². The smallest absolute Gasteiger partial charge is 0.223 e. The number of benzene rings is 1. The van der Waals surface area contributed by atoms with Crippen LogP contribution in [0.1, 0.15) is 5.56 Å². The molecule has 1 N–H and O–H groups in total. The number of fused-ring (bicyclic) bond motifs is 1. The first-order valence-electron chi connectivity index (χ1n) is 5.18. The van der Waals surface area contributed by atoms with Crippen molar-refractivity contribution in [2.45, 2.75) is 6.92 Å². The first kappa shape index (κ1) is 10.2. The molecule has 0 fully saturated rings. The summed E-state index contributed by atoms with van der Waals surface area (Å²) in [5.74, 6) is 0. The average molecular weight is 245 g/mol. The van der Waals surface area contributed by atoms with Crippen LogP contribution in [0.25, 0.3) is 22.2 Å². The van der Waals surface area contributed by atoms with Gasteiger partial charge in [-0.15, -0.1) is 0 Å². The summed E-state index contributed by atoms with van der Waals surface area (Å²) in [7, 11) is 0. The van der Waals surface area contributed by atoms with Gasteiger partial charge in [-0.3, -0.25) is 5.10 Å². The van der Waals surface area contributed by atoms with E-state index >= 15 is 0 Å². The van der Waals surface area contributed by atoms with E-state index in [4.69, 9.17) is 11.6 Å². The average Bonchev–Trinajstić information content (AvgIpc) is 2.83. The maximum atomic E-state index is 5.96. The van der Waals surface area contributed by atoms with Crippen molar-refractivity contribution in [3.05, 3.63) is 41.4 Å². The van der Waals surface area contributed by atoms with Gasteiger partial charge in [0, 0.05) is 17.1 Å². The van der Waals surface area contributed by atoms with Crippen molar-refractivity contribution in [3.63, 3.8) is 0 Å². The van der Waals surface area contributed by atoms with Gasteiger partial charge in [-0.25, -0.2) is 9.97 Å². The standard InChI is InChI=1S/C12H9ClN4/c1-7-3-2-4-9-10(7)16-12(13)17-11(9)8-5-14-15-6-8/h2-6H,1H3,(H,14,15). The number of halogens is 1. The highest BCUT2D eigenvalue weighted by molar-refractivity contribution is 6.28. The van der Waals surface area contributed by atoms with Gasteiger partial charge in [-0.1, -0.05) is 18.2 Å². The van der Waals surface area contributed by atoms with Crippen LogP contribution in [0.4, 0.5) is 0 Å². The van der Waals surface area contributed by atoms with Crippen molar-refractivity contribution in [2.24, 2.45) is 0 Å². The van der Waals surface area contributed by atoms with E-state index in [0.29, 0.717) is 0 Å². The summed E-state index contributed by atoms with van der Waals surface area (Å²) in [5, 5.41) is 7.94. The zero-order valence-electron chi connectivity index (χ0n) is 9.11. The minimum Gasteiger partial charge on any atom is -0.285 e.